The molecule has 0 saturated carbocycles. The Morgan fingerprint density at radius 2 is 1.83 bits per heavy atom. The first-order valence-electron chi connectivity index (χ1n) is 5.57. The van der Waals surface area contributed by atoms with E-state index in [2.05, 4.69) is 0 Å². The molecule has 0 radical (unpaired) electrons. The van der Waals surface area contributed by atoms with E-state index in [0.29, 0.717) is 17.7 Å². The van der Waals surface area contributed by atoms with Crippen molar-refractivity contribution in [1.82, 2.24) is 4.90 Å². The third kappa shape index (κ3) is 9.26. The number of carbonyl (C=O) groups excluding carboxylic acids is 1. The van der Waals surface area contributed by atoms with E-state index in [1.165, 1.54) is 0 Å². The summed E-state index contributed by atoms with van der Waals surface area (Å²) in [6.07, 6.45) is -2.80. The summed E-state index contributed by atoms with van der Waals surface area (Å²) in [6.45, 7) is 0.473. The van der Waals surface area contributed by atoms with Gasteiger partial charge in [0.05, 0.1) is 5.75 Å². The molecule has 108 valence electrons. The minimum Gasteiger partial charge on any atom is -0.334 e. The largest absolute Gasteiger partial charge is 0.406 e. The van der Waals surface area contributed by atoms with Crippen LogP contribution in [0.3, 0.4) is 0 Å². The Kier molecular flexibility index (Phi) is 6.66. The Balaban J connectivity index is 4.49. The fraction of sp³-hybridized carbons (Fsp3) is 0.900. The molecule has 0 unspecified atom stereocenters. The number of alkyl halides is 3. The van der Waals surface area contributed by atoms with Gasteiger partial charge in [-0.2, -0.15) is 13.2 Å². The molecule has 0 aromatic carbocycles. The average Bonchev–Trinajstić information content (AvgIpc) is 2.18. The average molecular weight is 289 g/mol. The summed E-state index contributed by atoms with van der Waals surface area (Å²) in [7, 11) is -3.35. The summed E-state index contributed by atoms with van der Waals surface area (Å²) in [4.78, 5) is 12.2. The minimum absolute atomic E-state index is 0.00138. The van der Waals surface area contributed by atoms with Gasteiger partial charge in [-0.15, -0.1) is 0 Å². The normalized spacial score (nSPS) is 12.5. The second kappa shape index (κ2) is 6.96. The number of hydrogen-bond acceptors (Lipinski definition) is 3. The number of halogens is 3. The van der Waals surface area contributed by atoms with E-state index in [1.54, 1.807) is 6.92 Å². The zero-order chi connectivity index (χ0) is 14.4. The minimum atomic E-state index is -4.46. The summed E-state index contributed by atoms with van der Waals surface area (Å²) in [5, 5.41) is 0. The number of hydrogen-bond donors (Lipinski definition) is 0. The number of carbonyl (C=O) groups is 1. The Hall–Kier alpha value is -0.790. The highest BCUT2D eigenvalue weighted by molar-refractivity contribution is 7.90. The van der Waals surface area contributed by atoms with Crippen molar-refractivity contribution in [3.63, 3.8) is 0 Å². The summed E-state index contributed by atoms with van der Waals surface area (Å²) < 4.78 is 58.5. The van der Waals surface area contributed by atoms with Crippen molar-refractivity contribution in [3.8, 4) is 0 Å². The molecule has 1 amide bonds. The molecule has 8 heteroatoms. The molecule has 0 aliphatic carbocycles. The molecule has 0 aromatic heterocycles. The first-order chi connectivity index (χ1) is 8.05. The second-order valence-corrected chi connectivity index (χ2v) is 6.42. The van der Waals surface area contributed by atoms with Gasteiger partial charge < -0.3 is 4.90 Å². The molecule has 0 atom stereocenters. The number of rotatable bonds is 7. The lowest BCUT2D eigenvalue weighted by molar-refractivity contribution is -0.161. The van der Waals surface area contributed by atoms with E-state index in [0.717, 1.165) is 6.26 Å². The molecule has 0 aromatic rings. The van der Waals surface area contributed by atoms with Crippen LogP contribution in [0.1, 0.15) is 26.2 Å². The van der Waals surface area contributed by atoms with Crippen molar-refractivity contribution >= 4 is 15.7 Å². The molecule has 0 fully saturated rings. The molecule has 0 spiro atoms. The second-order valence-electron chi connectivity index (χ2n) is 4.16. The standard InChI is InChI=1S/C10H18F3NO3S/c1-3-4-6-14(8-10(11,12)13)9(15)5-7-18(2,16)17/h3-8H2,1-2H3. The molecular formula is C10H18F3NO3S. The van der Waals surface area contributed by atoms with Gasteiger partial charge in [0, 0.05) is 19.2 Å². The maximum Gasteiger partial charge on any atom is 0.406 e. The van der Waals surface area contributed by atoms with Gasteiger partial charge in [0.15, 0.2) is 0 Å². The van der Waals surface area contributed by atoms with Crippen molar-refractivity contribution in [2.75, 3.05) is 25.1 Å². The van der Waals surface area contributed by atoms with Gasteiger partial charge in [-0.1, -0.05) is 13.3 Å². The van der Waals surface area contributed by atoms with Crippen LogP contribution in [-0.4, -0.2) is 50.5 Å². The molecule has 0 aliphatic heterocycles. The van der Waals surface area contributed by atoms with Gasteiger partial charge in [-0.25, -0.2) is 8.42 Å². The van der Waals surface area contributed by atoms with Gasteiger partial charge in [-0.3, -0.25) is 4.79 Å². The van der Waals surface area contributed by atoms with Crippen molar-refractivity contribution in [3.05, 3.63) is 0 Å². The van der Waals surface area contributed by atoms with Crippen LogP contribution in [-0.2, 0) is 14.6 Å². The number of amides is 1. The van der Waals surface area contributed by atoms with Crippen LogP contribution in [0.5, 0.6) is 0 Å². The highest BCUT2D eigenvalue weighted by atomic mass is 32.2. The number of nitrogens with zero attached hydrogens (tertiary/aromatic N) is 1. The van der Waals surface area contributed by atoms with Crippen LogP contribution in [0.25, 0.3) is 0 Å². The molecule has 0 N–H and O–H groups in total. The lowest BCUT2D eigenvalue weighted by Crippen LogP contribution is -2.40. The van der Waals surface area contributed by atoms with E-state index in [1.807, 2.05) is 0 Å². The van der Waals surface area contributed by atoms with Crippen LogP contribution in [0.2, 0.25) is 0 Å². The predicted molar refractivity (Wildman–Crippen MR) is 61.9 cm³/mol. The van der Waals surface area contributed by atoms with E-state index >= 15 is 0 Å². The van der Waals surface area contributed by atoms with Crippen molar-refractivity contribution in [2.24, 2.45) is 0 Å². The fourth-order valence-electron chi connectivity index (χ4n) is 1.29. The molecule has 0 bridgehead atoms. The van der Waals surface area contributed by atoms with Crippen LogP contribution in [0.4, 0.5) is 13.2 Å². The summed E-state index contributed by atoms with van der Waals surface area (Å²) in [6, 6.07) is 0. The topological polar surface area (TPSA) is 54.5 Å². The van der Waals surface area contributed by atoms with Crippen LogP contribution in [0, 0.1) is 0 Å². The Morgan fingerprint density at radius 3 is 2.22 bits per heavy atom. The molecule has 0 heterocycles. The zero-order valence-corrected chi connectivity index (χ0v) is 11.3. The van der Waals surface area contributed by atoms with Crippen LogP contribution in [0.15, 0.2) is 0 Å². The quantitative estimate of drug-likeness (QED) is 0.715. The van der Waals surface area contributed by atoms with E-state index in [9.17, 15) is 26.4 Å². The first-order valence-corrected chi connectivity index (χ1v) is 7.63. The number of unbranched alkanes of at least 4 members (excludes halogenated alkanes) is 1. The highest BCUT2D eigenvalue weighted by Crippen LogP contribution is 2.17. The lowest BCUT2D eigenvalue weighted by Gasteiger charge is -2.23. The molecule has 0 rings (SSSR count). The fourth-order valence-corrected chi connectivity index (χ4v) is 1.83. The third-order valence-electron chi connectivity index (χ3n) is 2.19. The molecule has 18 heavy (non-hydrogen) atoms. The van der Waals surface area contributed by atoms with Gasteiger partial charge in [0.1, 0.15) is 16.4 Å². The Labute approximate surface area is 105 Å². The highest BCUT2D eigenvalue weighted by Gasteiger charge is 2.32. The number of sulfone groups is 1. The van der Waals surface area contributed by atoms with Gasteiger partial charge >= 0.3 is 6.18 Å². The molecule has 4 nitrogen and oxygen atoms in total. The van der Waals surface area contributed by atoms with Crippen LogP contribution < -0.4 is 0 Å². The lowest BCUT2D eigenvalue weighted by atomic mass is 10.3. The van der Waals surface area contributed by atoms with E-state index < -0.39 is 40.6 Å². The van der Waals surface area contributed by atoms with Crippen molar-refractivity contribution < 1.29 is 26.4 Å². The first kappa shape index (κ1) is 17.2. The van der Waals surface area contributed by atoms with Crippen molar-refractivity contribution in [2.45, 2.75) is 32.4 Å². The summed E-state index contributed by atoms with van der Waals surface area (Å²) in [5.41, 5.74) is 0. The van der Waals surface area contributed by atoms with Gasteiger partial charge in [0.25, 0.3) is 0 Å². The van der Waals surface area contributed by atoms with E-state index in [-0.39, 0.29) is 6.54 Å². The molecular weight excluding hydrogens is 271 g/mol. The SMILES string of the molecule is CCCCN(CC(F)(F)F)C(=O)CCS(C)(=O)=O. The predicted octanol–water partition coefficient (Wildman–Crippen LogP) is 1.61. The Morgan fingerprint density at radius 1 is 1.28 bits per heavy atom. The van der Waals surface area contributed by atoms with Crippen LogP contribution >= 0.6 is 0 Å². The van der Waals surface area contributed by atoms with Gasteiger partial charge in [0.2, 0.25) is 5.91 Å². The maximum absolute atomic E-state index is 12.3. The van der Waals surface area contributed by atoms with Crippen molar-refractivity contribution in [1.29, 1.82) is 0 Å². The van der Waals surface area contributed by atoms with E-state index in [4.69, 9.17) is 0 Å². The van der Waals surface area contributed by atoms with Gasteiger partial charge in [-0.05, 0) is 6.42 Å². The molecule has 0 saturated heterocycles. The Bertz CT molecular complexity index is 365. The smallest absolute Gasteiger partial charge is 0.334 e. The summed E-state index contributed by atoms with van der Waals surface area (Å²) >= 11 is 0. The third-order valence-corrected chi connectivity index (χ3v) is 3.14. The zero-order valence-electron chi connectivity index (χ0n) is 10.5. The monoisotopic (exact) mass is 289 g/mol. The maximum atomic E-state index is 12.3. The molecule has 0 aliphatic rings. The summed E-state index contributed by atoms with van der Waals surface area (Å²) in [5.74, 6) is -1.20.